The van der Waals surface area contributed by atoms with Gasteiger partial charge in [0, 0.05) is 16.8 Å². The first kappa shape index (κ1) is 22.1. The van der Waals surface area contributed by atoms with Gasteiger partial charge in [0.1, 0.15) is 11.4 Å². The van der Waals surface area contributed by atoms with Gasteiger partial charge in [0.25, 0.3) is 15.7 Å². The second-order valence-corrected chi connectivity index (χ2v) is 8.31. The smallest absolute Gasteiger partial charge is 0.295 e. The van der Waals surface area contributed by atoms with Crippen LogP contribution in [0.25, 0.3) is 0 Å². The molecule has 3 rings (SSSR count). The number of hydrogen-bond acceptors (Lipinski definition) is 7. The molecule has 0 radical (unpaired) electrons. The standard InChI is InChI=1S/C20H17ClN4O5S/c1-30-17-4-2-3-14(11-17)13-22-23-19-10-9-18(12-20(19)25(26)27)31(28,29)24-16-7-5-15(21)6-8-16/h2-13,23-24H,1H3/b22-13+. The number of hydrazone groups is 1. The lowest BCUT2D eigenvalue weighted by atomic mass is 10.2. The highest BCUT2D eigenvalue weighted by molar-refractivity contribution is 7.92. The molecule has 0 aliphatic rings. The molecule has 0 saturated heterocycles. The van der Waals surface area contributed by atoms with Crippen LogP contribution in [-0.4, -0.2) is 26.7 Å². The minimum atomic E-state index is -4.05. The third kappa shape index (κ3) is 5.71. The van der Waals surface area contributed by atoms with Crippen molar-refractivity contribution in [2.75, 3.05) is 17.3 Å². The predicted octanol–water partition coefficient (Wildman–Crippen LogP) is 4.50. The van der Waals surface area contributed by atoms with Crippen molar-refractivity contribution in [3.8, 4) is 5.75 Å². The Bertz CT molecular complexity index is 1230. The lowest BCUT2D eigenvalue weighted by Crippen LogP contribution is -2.13. The van der Waals surface area contributed by atoms with Gasteiger partial charge in [-0.15, -0.1) is 0 Å². The third-order valence-electron chi connectivity index (χ3n) is 4.07. The van der Waals surface area contributed by atoms with Gasteiger partial charge in [0.05, 0.1) is 23.1 Å². The second kappa shape index (κ2) is 9.45. The maximum Gasteiger partial charge on any atom is 0.295 e. The first-order chi connectivity index (χ1) is 14.8. The first-order valence-corrected chi connectivity index (χ1v) is 10.6. The molecule has 11 heteroatoms. The van der Waals surface area contributed by atoms with E-state index in [0.29, 0.717) is 16.3 Å². The minimum Gasteiger partial charge on any atom is -0.497 e. The molecule has 0 aliphatic heterocycles. The van der Waals surface area contributed by atoms with E-state index in [9.17, 15) is 18.5 Å². The average molecular weight is 461 g/mol. The maximum atomic E-state index is 12.6. The highest BCUT2D eigenvalue weighted by Crippen LogP contribution is 2.29. The molecule has 160 valence electrons. The van der Waals surface area contributed by atoms with Crippen molar-refractivity contribution in [2.45, 2.75) is 4.90 Å². The maximum absolute atomic E-state index is 12.6. The molecule has 0 amide bonds. The molecule has 3 aromatic carbocycles. The number of sulfonamides is 1. The van der Waals surface area contributed by atoms with E-state index >= 15 is 0 Å². The summed E-state index contributed by atoms with van der Waals surface area (Å²) in [6.07, 6.45) is 1.46. The summed E-state index contributed by atoms with van der Waals surface area (Å²) in [6, 6.07) is 16.5. The number of nitro benzene ring substituents is 1. The van der Waals surface area contributed by atoms with Gasteiger partial charge in [0.2, 0.25) is 0 Å². The zero-order chi connectivity index (χ0) is 22.4. The fraction of sp³-hybridized carbons (Fsp3) is 0.0500. The van der Waals surface area contributed by atoms with Gasteiger partial charge in [-0.05, 0) is 54.1 Å². The number of rotatable bonds is 8. The number of hydrogen-bond donors (Lipinski definition) is 2. The normalized spacial score (nSPS) is 11.3. The number of anilines is 2. The topological polar surface area (TPSA) is 123 Å². The molecule has 0 heterocycles. The molecule has 0 atom stereocenters. The van der Waals surface area contributed by atoms with Crippen LogP contribution in [0, 0.1) is 10.1 Å². The van der Waals surface area contributed by atoms with Gasteiger partial charge in [-0.25, -0.2) is 8.42 Å². The van der Waals surface area contributed by atoms with Crippen LogP contribution in [0.15, 0.2) is 76.7 Å². The van der Waals surface area contributed by atoms with Crippen molar-refractivity contribution in [3.63, 3.8) is 0 Å². The number of halogens is 1. The Labute approximate surface area is 183 Å². The molecule has 3 aromatic rings. The van der Waals surface area contributed by atoms with E-state index in [2.05, 4.69) is 15.2 Å². The van der Waals surface area contributed by atoms with Gasteiger partial charge < -0.3 is 4.74 Å². The van der Waals surface area contributed by atoms with Crippen molar-refractivity contribution >= 4 is 44.9 Å². The van der Waals surface area contributed by atoms with Crippen molar-refractivity contribution in [1.29, 1.82) is 0 Å². The minimum absolute atomic E-state index is 0.0367. The average Bonchev–Trinajstić information content (AvgIpc) is 2.75. The molecule has 0 saturated carbocycles. The molecule has 2 N–H and O–H groups in total. The van der Waals surface area contributed by atoms with E-state index in [1.54, 1.807) is 24.3 Å². The van der Waals surface area contributed by atoms with Gasteiger partial charge in [-0.3, -0.25) is 20.3 Å². The van der Waals surface area contributed by atoms with E-state index in [0.717, 1.165) is 6.07 Å². The van der Waals surface area contributed by atoms with Crippen LogP contribution in [0.5, 0.6) is 5.75 Å². The SMILES string of the molecule is COc1cccc(/C=N/Nc2ccc(S(=O)(=O)Nc3ccc(Cl)cc3)cc2[N+](=O)[O-])c1. The fourth-order valence-corrected chi connectivity index (χ4v) is 3.76. The Hall–Kier alpha value is -3.63. The number of benzene rings is 3. The van der Waals surface area contributed by atoms with Gasteiger partial charge in [0.15, 0.2) is 0 Å². The Morgan fingerprint density at radius 1 is 1.10 bits per heavy atom. The van der Waals surface area contributed by atoms with E-state index in [1.165, 1.54) is 49.7 Å². The Morgan fingerprint density at radius 2 is 1.84 bits per heavy atom. The second-order valence-electron chi connectivity index (χ2n) is 6.20. The van der Waals surface area contributed by atoms with E-state index < -0.39 is 20.6 Å². The van der Waals surface area contributed by atoms with Crippen molar-refractivity contribution in [3.05, 3.63) is 87.4 Å². The van der Waals surface area contributed by atoms with E-state index in [1.807, 2.05) is 0 Å². The number of methoxy groups -OCH3 is 1. The summed E-state index contributed by atoms with van der Waals surface area (Å²) >= 11 is 5.79. The Balaban J connectivity index is 1.82. The largest absolute Gasteiger partial charge is 0.497 e. The summed E-state index contributed by atoms with van der Waals surface area (Å²) in [4.78, 5) is 10.5. The Kier molecular flexibility index (Phi) is 6.73. The predicted molar refractivity (Wildman–Crippen MR) is 120 cm³/mol. The molecule has 0 unspecified atom stereocenters. The molecular formula is C20H17ClN4O5S. The summed E-state index contributed by atoms with van der Waals surface area (Å²) in [6.45, 7) is 0. The first-order valence-electron chi connectivity index (χ1n) is 8.78. The fourth-order valence-electron chi connectivity index (χ4n) is 2.55. The molecular weight excluding hydrogens is 444 g/mol. The molecule has 31 heavy (non-hydrogen) atoms. The molecule has 0 aliphatic carbocycles. The summed E-state index contributed by atoms with van der Waals surface area (Å²) in [5, 5.41) is 15.9. The van der Waals surface area contributed by atoms with Crippen LogP contribution >= 0.6 is 11.6 Å². The zero-order valence-corrected chi connectivity index (χ0v) is 17.7. The van der Waals surface area contributed by atoms with Crippen molar-refractivity contribution in [1.82, 2.24) is 0 Å². The van der Waals surface area contributed by atoms with Crippen molar-refractivity contribution < 1.29 is 18.1 Å². The molecule has 0 bridgehead atoms. The van der Waals surface area contributed by atoms with Crippen LogP contribution in [0.1, 0.15) is 5.56 Å². The zero-order valence-electron chi connectivity index (χ0n) is 16.2. The Morgan fingerprint density at radius 3 is 2.52 bits per heavy atom. The quantitative estimate of drug-likeness (QED) is 0.290. The number of ether oxygens (including phenoxy) is 1. The number of nitrogens with one attached hydrogen (secondary N) is 2. The van der Waals surface area contributed by atoms with Gasteiger partial charge in [-0.2, -0.15) is 5.10 Å². The number of nitro groups is 1. The van der Waals surface area contributed by atoms with Crippen LogP contribution < -0.4 is 14.9 Å². The number of nitrogens with zero attached hydrogens (tertiary/aromatic N) is 2. The molecule has 9 nitrogen and oxygen atoms in total. The third-order valence-corrected chi connectivity index (χ3v) is 5.70. The van der Waals surface area contributed by atoms with E-state index in [-0.39, 0.29) is 16.3 Å². The van der Waals surface area contributed by atoms with Gasteiger partial charge >= 0.3 is 0 Å². The summed E-state index contributed by atoms with van der Waals surface area (Å²) in [5.41, 5.74) is 3.15. The molecule has 0 aromatic heterocycles. The summed E-state index contributed by atoms with van der Waals surface area (Å²) in [7, 11) is -2.51. The molecule has 0 spiro atoms. The summed E-state index contributed by atoms with van der Waals surface area (Å²) in [5.74, 6) is 0.637. The van der Waals surface area contributed by atoms with E-state index in [4.69, 9.17) is 16.3 Å². The van der Waals surface area contributed by atoms with Gasteiger partial charge in [-0.1, -0.05) is 23.7 Å². The van der Waals surface area contributed by atoms with Crippen LogP contribution in [0.3, 0.4) is 0 Å². The van der Waals surface area contributed by atoms with Crippen LogP contribution in [-0.2, 0) is 10.0 Å². The highest BCUT2D eigenvalue weighted by Gasteiger charge is 2.21. The molecule has 0 fully saturated rings. The van der Waals surface area contributed by atoms with Crippen molar-refractivity contribution in [2.24, 2.45) is 5.10 Å². The van der Waals surface area contributed by atoms with Crippen LogP contribution in [0.2, 0.25) is 5.02 Å². The lowest BCUT2D eigenvalue weighted by molar-refractivity contribution is -0.384. The highest BCUT2D eigenvalue weighted by atomic mass is 35.5. The monoisotopic (exact) mass is 460 g/mol. The lowest BCUT2D eigenvalue weighted by Gasteiger charge is -2.09. The summed E-state index contributed by atoms with van der Waals surface area (Å²) < 4.78 is 32.7. The van der Waals surface area contributed by atoms with Crippen LogP contribution in [0.4, 0.5) is 17.1 Å².